The number of aromatic hydroxyl groups is 1. The first-order valence-corrected chi connectivity index (χ1v) is 3.33. The van der Waals surface area contributed by atoms with Gasteiger partial charge < -0.3 is 5.11 Å². The van der Waals surface area contributed by atoms with Crippen molar-refractivity contribution >= 4 is 17.7 Å². The van der Waals surface area contributed by atoms with Crippen molar-refractivity contribution in [2.75, 3.05) is 0 Å². The summed E-state index contributed by atoms with van der Waals surface area (Å²) in [6, 6.07) is 2.48. The van der Waals surface area contributed by atoms with Crippen molar-refractivity contribution in [2.24, 2.45) is 0 Å². The molecule has 0 atom stereocenters. The maximum Gasteiger partial charge on any atom is 0.166 e. The van der Waals surface area contributed by atoms with Crippen LogP contribution in [-0.2, 0) is 0 Å². The summed E-state index contributed by atoms with van der Waals surface area (Å²) in [5, 5.41) is 9.26. The first-order valence-electron chi connectivity index (χ1n) is 2.95. The van der Waals surface area contributed by atoms with E-state index in [9.17, 15) is 4.39 Å². The van der Waals surface area contributed by atoms with E-state index in [4.69, 9.17) is 16.7 Å². The summed E-state index contributed by atoms with van der Waals surface area (Å²) in [4.78, 5) is 0. The molecule has 1 aromatic carbocycles. The lowest BCUT2D eigenvalue weighted by molar-refractivity contribution is 0.431. The third kappa shape index (κ3) is 1.52. The van der Waals surface area contributed by atoms with E-state index in [2.05, 4.69) is 6.58 Å². The molecule has 0 radical (unpaired) electrons. The van der Waals surface area contributed by atoms with E-state index in [1.54, 1.807) is 0 Å². The Morgan fingerprint density at radius 1 is 1.55 bits per heavy atom. The van der Waals surface area contributed by atoms with Crippen LogP contribution < -0.4 is 0 Å². The van der Waals surface area contributed by atoms with Gasteiger partial charge in [0.2, 0.25) is 0 Å². The minimum atomic E-state index is -0.729. The zero-order valence-corrected chi connectivity index (χ0v) is 6.40. The molecule has 1 nitrogen and oxygen atoms in total. The van der Waals surface area contributed by atoms with Crippen LogP contribution in [0.25, 0.3) is 6.08 Å². The standard InChI is InChI=1S/C8H6ClFO/c1-2-5-3-6(9)4-7(10)8(5)11/h2-4,11H,1H2. The second-order valence-corrected chi connectivity index (χ2v) is 2.47. The average molecular weight is 173 g/mol. The molecule has 0 bridgehead atoms. The van der Waals surface area contributed by atoms with Crippen LogP contribution in [0, 0.1) is 5.82 Å². The molecular weight excluding hydrogens is 167 g/mol. The van der Waals surface area contributed by atoms with E-state index in [0.29, 0.717) is 5.56 Å². The van der Waals surface area contributed by atoms with Crippen molar-refractivity contribution in [3.05, 3.63) is 35.1 Å². The largest absolute Gasteiger partial charge is 0.504 e. The molecule has 11 heavy (non-hydrogen) atoms. The van der Waals surface area contributed by atoms with Gasteiger partial charge in [-0.15, -0.1) is 0 Å². The predicted octanol–water partition coefficient (Wildman–Crippen LogP) is 2.83. The van der Waals surface area contributed by atoms with Gasteiger partial charge in [0.05, 0.1) is 0 Å². The third-order valence-corrected chi connectivity index (χ3v) is 1.50. The highest BCUT2D eigenvalue weighted by molar-refractivity contribution is 6.30. The zero-order chi connectivity index (χ0) is 8.43. The summed E-state index contributed by atoms with van der Waals surface area (Å²) >= 11 is 5.50. The fraction of sp³-hybridized carbons (Fsp3) is 0. The highest BCUT2D eigenvalue weighted by Gasteiger charge is 2.05. The molecule has 0 heterocycles. The highest BCUT2D eigenvalue weighted by atomic mass is 35.5. The SMILES string of the molecule is C=Cc1cc(Cl)cc(F)c1O. The fourth-order valence-corrected chi connectivity index (χ4v) is 0.955. The molecule has 0 aliphatic rings. The molecule has 3 heteroatoms. The lowest BCUT2D eigenvalue weighted by Gasteiger charge is -2.00. The lowest BCUT2D eigenvalue weighted by atomic mass is 10.2. The van der Waals surface area contributed by atoms with E-state index >= 15 is 0 Å². The molecule has 0 aromatic heterocycles. The number of hydrogen-bond acceptors (Lipinski definition) is 1. The molecule has 1 N–H and O–H groups in total. The van der Waals surface area contributed by atoms with Crippen molar-refractivity contribution in [2.45, 2.75) is 0 Å². The minimum absolute atomic E-state index is 0.246. The first-order chi connectivity index (χ1) is 5.15. The average Bonchev–Trinajstić information content (AvgIpc) is 1.96. The Kier molecular flexibility index (Phi) is 2.15. The van der Waals surface area contributed by atoms with Gasteiger partial charge in [-0.3, -0.25) is 0 Å². The number of phenols is 1. The summed E-state index contributed by atoms with van der Waals surface area (Å²) in [6.07, 6.45) is 1.34. The van der Waals surface area contributed by atoms with Crippen molar-refractivity contribution in [3.63, 3.8) is 0 Å². The summed E-state index contributed by atoms with van der Waals surface area (Å²) in [5.74, 6) is -1.14. The summed E-state index contributed by atoms with van der Waals surface area (Å²) in [6.45, 7) is 3.39. The second-order valence-electron chi connectivity index (χ2n) is 2.03. The molecule has 1 rings (SSSR count). The van der Waals surface area contributed by atoms with Crippen molar-refractivity contribution < 1.29 is 9.50 Å². The Morgan fingerprint density at radius 3 is 2.73 bits per heavy atom. The minimum Gasteiger partial charge on any atom is -0.504 e. The van der Waals surface area contributed by atoms with Crippen LogP contribution in [0.15, 0.2) is 18.7 Å². The van der Waals surface area contributed by atoms with E-state index < -0.39 is 11.6 Å². The fourth-order valence-electron chi connectivity index (χ4n) is 0.741. The molecular formula is C8H6ClFO. The molecule has 58 valence electrons. The van der Waals surface area contributed by atoms with Crippen LogP contribution in [0.1, 0.15) is 5.56 Å². The first kappa shape index (κ1) is 8.08. The molecule has 0 fully saturated rings. The van der Waals surface area contributed by atoms with E-state index in [0.717, 1.165) is 6.07 Å². The maximum atomic E-state index is 12.6. The van der Waals surface area contributed by atoms with Gasteiger partial charge in [0.25, 0.3) is 0 Å². The van der Waals surface area contributed by atoms with Crippen LogP contribution in [0.4, 0.5) is 4.39 Å². The zero-order valence-electron chi connectivity index (χ0n) is 5.64. The Bertz CT molecular complexity index is 296. The molecule has 0 saturated carbocycles. The summed E-state index contributed by atoms with van der Waals surface area (Å²) in [5.41, 5.74) is 0.301. The van der Waals surface area contributed by atoms with Gasteiger partial charge in [-0.2, -0.15) is 0 Å². The smallest absolute Gasteiger partial charge is 0.166 e. The van der Waals surface area contributed by atoms with Gasteiger partial charge in [0, 0.05) is 10.6 Å². The van der Waals surface area contributed by atoms with Gasteiger partial charge in [-0.05, 0) is 12.1 Å². The van der Waals surface area contributed by atoms with Gasteiger partial charge in [0.1, 0.15) is 0 Å². The van der Waals surface area contributed by atoms with Gasteiger partial charge in [-0.1, -0.05) is 24.3 Å². The molecule has 0 saturated heterocycles. The third-order valence-electron chi connectivity index (χ3n) is 1.28. The molecule has 0 amide bonds. The summed E-state index contributed by atoms with van der Waals surface area (Å²) < 4.78 is 12.6. The van der Waals surface area contributed by atoms with E-state index in [1.165, 1.54) is 12.1 Å². The van der Waals surface area contributed by atoms with Crippen molar-refractivity contribution in [1.29, 1.82) is 0 Å². The van der Waals surface area contributed by atoms with Gasteiger partial charge >= 0.3 is 0 Å². The van der Waals surface area contributed by atoms with Crippen molar-refractivity contribution in [1.82, 2.24) is 0 Å². The van der Waals surface area contributed by atoms with Crippen LogP contribution in [0.2, 0.25) is 5.02 Å². The normalized spacial score (nSPS) is 9.64. The number of benzene rings is 1. The molecule has 1 aromatic rings. The number of halogens is 2. The quantitative estimate of drug-likeness (QED) is 0.691. The van der Waals surface area contributed by atoms with Crippen LogP contribution in [0.5, 0.6) is 5.75 Å². The molecule has 0 spiro atoms. The van der Waals surface area contributed by atoms with E-state index in [-0.39, 0.29) is 5.02 Å². The van der Waals surface area contributed by atoms with Crippen LogP contribution in [0.3, 0.4) is 0 Å². The number of phenolic OH excluding ortho intramolecular Hbond substituents is 1. The highest BCUT2D eigenvalue weighted by Crippen LogP contribution is 2.26. The van der Waals surface area contributed by atoms with Gasteiger partial charge in [-0.25, -0.2) is 4.39 Å². The van der Waals surface area contributed by atoms with Crippen LogP contribution in [-0.4, -0.2) is 5.11 Å². The lowest BCUT2D eigenvalue weighted by Crippen LogP contribution is -1.80. The second kappa shape index (κ2) is 2.93. The maximum absolute atomic E-state index is 12.6. The Labute approximate surface area is 68.7 Å². The monoisotopic (exact) mass is 172 g/mol. The Morgan fingerprint density at radius 2 is 2.18 bits per heavy atom. The van der Waals surface area contributed by atoms with E-state index in [1.807, 2.05) is 0 Å². The van der Waals surface area contributed by atoms with Crippen molar-refractivity contribution in [3.8, 4) is 5.75 Å². The van der Waals surface area contributed by atoms with Gasteiger partial charge in [0.15, 0.2) is 11.6 Å². The molecule has 0 aliphatic carbocycles. The number of hydrogen-bond donors (Lipinski definition) is 1. The van der Waals surface area contributed by atoms with Crippen LogP contribution >= 0.6 is 11.6 Å². The topological polar surface area (TPSA) is 20.2 Å². The number of rotatable bonds is 1. The predicted molar refractivity (Wildman–Crippen MR) is 43.2 cm³/mol. The molecule has 0 unspecified atom stereocenters. The Balaban J connectivity index is 3.35. The summed E-state index contributed by atoms with van der Waals surface area (Å²) in [7, 11) is 0. The Hall–Kier alpha value is -1.02. The molecule has 0 aliphatic heterocycles.